The normalized spacial score (nSPS) is 11.6. The zero-order valence-electron chi connectivity index (χ0n) is 11.6. The number of sulfonamides is 1. The van der Waals surface area contributed by atoms with Crippen molar-refractivity contribution < 1.29 is 8.42 Å². The summed E-state index contributed by atoms with van der Waals surface area (Å²) in [7, 11) is -1.95. The number of H-pyrrole nitrogens is 1. The van der Waals surface area contributed by atoms with E-state index in [1.54, 1.807) is 39.2 Å². The molecule has 0 fully saturated rings. The fourth-order valence-corrected chi connectivity index (χ4v) is 3.34. The van der Waals surface area contributed by atoms with Gasteiger partial charge in [0.1, 0.15) is 4.90 Å². The maximum atomic E-state index is 12.5. The molecule has 0 aromatic carbocycles. The van der Waals surface area contributed by atoms with E-state index in [0.29, 0.717) is 23.6 Å². The molecule has 2 heterocycles. The lowest BCUT2D eigenvalue weighted by Gasteiger charge is -2.09. The Labute approximate surface area is 117 Å². The van der Waals surface area contributed by atoms with Gasteiger partial charge < -0.3 is 5.32 Å². The largest absolute Gasteiger partial charge is 0.314 e. The molecule has 7 nitrogen and oxygen atoms in total. The van der Waals surface area contributed by atoms with Crippen molar-refractivity contribution >= 4 is 15.7 Å². The third kappa shape index (κ3) is 2.97. The van der Waals surface area contributed by atoms with Gasteiger partial charge in [0, 0.05) is 18.4 Å². The predicted octanol–water partition coefficient (Wildman–Crippen LogP) is 0.942. The maximum absolute atomic E-state index is 12.5. The van der Waals surface area contributed by atoms with Gasteiger partial charge in [-0.15, -0.1) is 0 Å². The van der Waals surface area contributed by atoms with Crippen LogP contribution in [0.3, 0.4) is 0 Å². The Bertz CT molecular complexity index is 708. The van der Waals surface area contributed by atoms with E-state index < -0.39 is 10.0 Å². The number of anilines is 1. The minimum atomic E-state index is -3.68. The maximum Gasteiger partial charge on any atom is 0.265 e. The van der Waals surface area contributed by atoms with Gasteiger partial charge in [0.05, 0.1) is 17.1 Å². The van der Waals surface area contributed by atoms with Crippen LogP contribution in [-0.2, 0) is 16.6 Å². The van der Waals surface area contributed by atoms with Crippen LogP contribution in [0, 0.1) is 13.8 Å². The molecular formula is C12H17N5O2S. The molecular weight excluding hydrogens is 278 g/mol. The fourth-order valence-electron chi connectivity index (χ4n) is 1.93. The number of rotatable bonds is 5. The zero-order valence-corrected chi connectivity index (χ0v) is 12.4. The monoisotopic (exact) mass is 295 g/mol. The number of nitrogens with one attached hydrogen (secondary N) is 3. The molecule has 108 valence electrons. The summed E-state index contributed by atoms with van der Waals surface area (Å²) in [5.41, 5.74) is 2.19. The molecule has 0 radical (unpaired) electrons. The van der Waals surface area contributed by atoms with Crippen molar-refractivity contribution in [1.82, 2.24) is 20.5 Å². The van der Waals surface area contributed by atoms with Gasteiger partial charge in [-0.3, -0.25) is 14.8 Å². The number of nitrogens with zero attached hydrogens (tertiary/aromatic N) is 2. The lowest BCUT2D eigenvalue weighted by atomic mass is 10.3. The first kappa shape index (κ1) is 14.5. The van der Waals surface area contributed by atoms with Gasteiger partial charge in [-0.1, -0.05) is 0 Å². The lowest BCUT2D eigenvalue weighted by molar-refractivity contribution is 0.598. The van der Waals surface area contributed by atoms with Gasteiger partial charge in [-0.2, -0.15) is 5.10 Å². The van der Waals surface area contributed by atoms with E-state index >= 15 is 0 Å². The Kier molecular flexibility index (Phi) is 4.05. The first-order valence-electron chi connectivity index (χ1n) is 6.08. The van der Waals surface area contributed by atoms with Crippen molar-refractivity contribution in [2.45, 2.75) is 25.3 Å². The van der Waals surface area contributed by atoms with Gasteiger partial charge in [-0.25, -0.2) is 8.42 Å². The summed E-state index contributed by atoms with van der Waals surface area (Å²) < 4.78 is 27.5. The van der Waals surface area contributed by atoms with E-state index in [4.69, 9.17) is 0 Å². The molecule has 20 heavy (non-hydrogen) atoms. The molecule has 8 heteroatoms. The molecule has 0 spiro atoms. The summed E-state index contributed by atoms with van der Waals surface area (Å²) in [6.45, 7) is 3.85. The van der Waals surface area contributed by atoms with Crippen LogP contribution in [0.25, 0.3) is 0 Å². The smallest absolute Gasteiger partial charge is 0.265 e. The van der Waals surface area contributed by atoms with Crippen molar-refractivity contribution in [2.24, 2.45) is 0 Å². The minimum Gasteiger partial charge on any atom is -0.314 e. The summed E-state index contributed by atoms with van der Waals surface area (Å²) in [5, 5.41) is 9.61. The highest BCUT2D eigenvalue weighted by Crippen LogP contribution is 2.21. The van der Waals surface area contributed by atoms with Crippen molar-refractivity contribution in [3.8, 4) is 0 Å². The van der Waals surface area contributed by atoms with Gasteiger partial charge in [0.25, 0.3) is 10.0 Å². The number of pyridine rings is 1. The van der Waals surface area contributed by atoms with Crippen molar-refractivity contribution in [3.63, 3.8) is 0 Å². The zero-order chi connectivity index (χ0) is 14.8. The Morgan fingerprint density at radius 1 is 1.35 bits per heavy atom. The van der Waals surface area contributed by atoms with E-state index in [1.165, 1.54) is 0 Å². The molecule has 0 aliphatic heterocycles. The highest BCUT2D eigenvalue weighted by molar-refractivity contribution is 7.92. The summed E-state index contributed by atoms with van der Waals surface area (Å²) >= 11 is 0. The van der Waals surface area contributed by atoms with Gasteiger partial charge >= 0.3 is 0 Å². The van der Waals surface area contributed by atoms with Gasteiger partial charge in [-0.05, 0) is 33.0 Å². The van der Waals surface area contributed by atoms with Crippen molar-refractivity contribution in [1.29, 1.82) is 0 Å². The second-order valence-electron chi connectivity index (χ2n) is 4.45. The molecule has 3 N–H and O–H groups in total. The Morgan fingerprint density at radius 3 is 2.75 bits per heavy atom. The average molecular weight is 295 g/mol. The SMILES string of the molecule is CNCc1n[nH]c(C)c1S(=O)(=O)Nc1ccnc(C)c1. The van der Waals surface area contributed by atoms with E-state index in [0.717, 1.165) is 5.69 Å². The standard InChI is InChI=1S/C12H17N5O2S/c1-8-6-10(4-5-14-8)17-20(18,19)12-9(2)15-16-11(12)7-13-3/h4-6,13H,7H2,1-3H3,(H,14,17)(H,15,16). The van der Waals surface area contributed by atoms with Crippen LogP contribution in [-0.4, -0.2) is 30.6 Å². The molecule has 0 aliphatic rings. The topological polar surface area (TPSA) is 99.8 Å². The summed E-state index contributed by atoms with van der Waals surface area (Å²) in [6.07, 6.45) is 1.56. The number of aromatic amines is 1. The third-order valence-corrected chi connectivity index (χ3v) is 4.31. The number of aromatic nitrogens is 3. The van der Waals surface area contributed by atoms with Crippen LogP contribution >= 0.6 is 0 Å². The second-order valence-corrected chi connectivity index (χ2v) is 6.07. The van der Waals surface area contributed by atoms with Crippen LogP contribution < -0.4 is 10.0 Å². The number of hydrogen-bond donors (Lipinski definition) is 3. The first-order valence-corrected chi connectivity index (χ1v) is 7.56. The number of aryl methyl sites for hydroxylation is 2. The fraction of sp³-hybridized carbons (Fsp3) is 0.333. The summed E-state index contributed by atoms with van der Waals surface area (Å²) in [6, 6.07) is 3.28. The van der Waals surface area contributed by atoms with Crippen molar-refractivity contribution in [2.75, 3.05) is 11.8 Å². The third-order valence-electron chi connectivity index (χ3n) is 2.72. The molecule has 0 amide bonds. The summed E-state index contributed by atoms with van der Waals surface area (Å²) in [4.78, 5) is 4.22. The van der Waals surface area contributed by atoms with Crippen LogP contribution in [0.5, 0.6) is 0 Å². The minimum absolute atomic E-state index is 0.182. The van der Waals surface area contributed by atoms with Gasteiger partial charge in [0.2, 0.25) is 0 Å². The molecule has 0 atom stereocenters. The van der Waals surface area contributed by atoms with Crippen LogP contribution in [0.2, 0.25) is 0 Å². The highest BCUT2D eigenvalue weighted by atomic mass is 32.2. The molecule has 2 aromatic rings. The number of hydrogen-bond acceptors (Lipinski definition) is 5. The quantitative estimate of drug-likeness (QED) is 0.762. The molecule has 0 saturated carbocycles. The predicted molar refractivity (Wildman–Crippen MR) is 75.9 cm³/mol. The Balaban J connectivity index is 2.38. The molecule has 2 aromatic heterocycles. The summed E-state index contributed by atoms with van der Waals surface area (Å²) in [5.74, 6) is 0. The Morgan fingerprint density at radius 2 is 2.10 bits per heavy atom. The van der Waals surface area contributed by atoms with E-state index in [2.05, 4.69) is 25.2 Å². The molecule has 0 bridgehead atoms. The van der Waals surface area contributed by atoms with Gasteiger partial charge in [0.15, 0.2) is 0 Å². The highest BCUT2D eigenvalue weighted by Gasteiger charge is 2.24. The molecule has 2 rings (SSSR count). The Hall–Kier alpha value is -1.93. The van der Waals surface area contributed by atoms with Crippen LogP contribution in [0.1, 0.15) is 17.1 Å². The van der Waals surface area contributed by atoms with Crippen LogP contribution in [0.4, 0.5) is 5.69 Å². The molecule has 0 saturated heterocycles. The van der Waals surface area contributed by atoms with Crippen molar-refractivity contribution in [3.05, 3.63) is 35.4 Å². The first-order chi connectivity index (χ1) is 9.44. The van der Waals surface area contributed by atoms with E-state index in [9.17, 15) is 8.42 Å². The lowest BCUT2D eigenvalue weighted by Crippen LogP contribution is -2.17. The average Bonchev–Trinajstić information content (AvgIpc) is 2.71. The van der Waals surface area contributed by atoms with E-state index in [-0.39, 0.29) is 4.90 Å². The molecule has 0 unspecified atom stereocenters. The molecule has 0 aliphatic carbocycles. The van der Waals surface area contributed by atoms with E-state index in [1.807, 2.05) is 0 Å². The van der Waals surface area contributed by atoms with Crippen LogP contribution in [0.15, 0.2) is 23.2 Å². The second kappa shape index (κ2) is 5.59.